The van der Waals surface area contributed by atoms with Gasteiger partial charge < -0.3 is 9.88 Å². The highest BCUT2D eigenvalue weighted by molar-refractivity contribution is 5.93. The molecule has 0 unspecified atom stereocenters. The largest absolute Gasteiger partial charge is 0.340 e. The number of para-hydroxylation sites is 3. The molecule has 29 heavy (non-hydrogen) atoms. The molecule has 146 valence electrons. The molecule has 0 aliphatic heterocycles. The van der Waals surface area contributed by atoms with Crippen molar-refractivity contribution in [3.8, 4) is 0 Å². The fraction of sp³-hybridized carbons (Fsp3) is 0.130. The first-order valence-corrected chi connectivity index (χ1v) is 9.30. The number of carbonyl (C=O) groups excluding carboxylic acids is 1. The molecule has 0 saturated heterocycles. The Kier molecular flexibility index (Phi) is 5.08. The smallest absolute Gasteiger partial charge is 0.224 e. The molecule has 4 rings (SSSR count). The standard InChI is InChI=1S/C23H18F2N2O2/c24-17-9-5-10-18(25)22(17)26-21(28)13-6-14-27-19-11-3-1-7-15(19)23(29)16-8-2-4-12-20(16)27/h1-5,7-12H,6,13-14H2,(H,26,28). The van der Waals surface area contributed by atoms with Gasteiger partial charge in [-0.15, -0.1) is 0 Å². The Morgan fingerprint density at radius 1 is 0.828 bits per heavy atom. The van der Waals surface area contributed by atoms with E-state index in [-0.39, 0.29) is 11.8 Å². The van der Waals surface area contributed by atoms with Gasteiger partial charge in [0, 0.05) is 23.7 Å². The van der Waals surface area contributed by atoms with Crippen molar-refractivity contribution < 1.29 is 13.6 Å². The van der Waals surface area contributed by atoms with E-state index < -0.39 is 23.2 Å². The number of benzene rings is 3. The number of nitrogens with one attached hydrogen (secondary N) is 1. The molecule has 0 saturated carbocycles. The summed E-state index contributed by atoms with van der Waals surface area (Å²) in [4.78, 5) is 24.9. The molecule has 0 aliphatic rings. The van der Waals surface area contributed by atoms with Gasteiger partial charge in [0.2, 0.25) is 5.91 Å². The third-order valence-corrected chi connectivity index (χ3v) is 4.89. The van der Waals surface area contributed by atoms with E-state index in [1.807, 2.05) is 41.0 Å². The minimum atomic E-state index is -0.809. The fourth-order valence-corrected chi connectivity index (χ4v) is 3.53. The van der Waals surface area contributed by atoms with E-state index in [0.29, 0.717) is 23.7 Å². The van der Waals surface area contributed by atoms with E-state index in [4.69, 9.17) is 0 Å². The molecule has 1 aromatic heterocycles. The summed E-state index contributed by atoms with van der Waals surface area (Å²) in [6.07, 6.45) is 0.529. The van der Waals surface area contributed by atoms with Gasteiger partial charge in [0.15, 0.2) is 5.43 Å². The summed E-state index contributed by atoms with van der Waals surface area (Å²) >= 11 is 0. The van der Waals surface area contributed by atoms with E-state index in [1.54, 1.807) is 12.1 Å². The van der Waals surface area contributed by atoms with Crippen LogP contribution in [0.1, 0.15) is 12.8 Å². The molecule has 1 amide bonds. The molecule has 0 aliphatic carbocycles. The van der Waals surface area contributed by atoms with Crippen molar-refractivity contribution in [2.75, 3.05) is 5.32 Å². The zero-order chi connectivity index (χ0) is 20.4. The number of aromatic nitrogens is 1. The lowest BCUT2D eigenvalue weighted by Gasteiger charge is -2.15. The topological polar surface area (TPSA) is 51.1 Å². The summed E-state index contributed by atoms with van der Waals surface area (Å²) in [5.74, 6) is -2.09. The van der Waals surface area contributed by atoms with E-state index in [0.717, 1.165) is 23.2 Å². The number of hydrogen-bond acceptors (Lipinski definition) is 2. The molecule has 1 N–H and O–H groups in total. The average molecular weight is 392 g/mol. The molecule has 0 atom stereocenters. The summed E-state index contributed by atoms with van der Waals surface area (Å²) in [7, 11) is 0. The molecular formula is C23H18F2N2O2. The van der Waals surface area contributed by atoms with Gasteiger partial charge >= 0.3 is 0 Å². The highest BCUT2D eigenvalue weighted by Gasteiger charge is 2.13. The number of carbonyl (C=O) groups is 1. The Hall–Kier alpha value is -3.54. The predicted molar refractivity (Wildman–Crippen MR) is 110 cm³/mol. The molecule has 0 bridgehead atoms. The van der Waals surface area contributed by atoms with Gasteiger partial charge in [-0.2, -0.15) is 0 Å². The van der Waals surface area contributed by atoms with Crippen LogP contribution in [0.3, 0.4) is 0 Å². The van der Waals surface area contributed by atoms with Crippen molar-refractivity contribution in [1.82, 2.24) is 4.57 Å². The number of aryl methyl sites for hydroxylation is 1. The molecular weight excluding hydrogens is 374 g/mol. The van der Waals surface area contributed by atoms with Crippen LogP contribution in [-0.2, 0) is 11.3 Å². The third-order valence-electron chi connectivity index (χ3n) is 4.89. The van der Waals surface area contributed by atoms with E-state index in [2.05, 4.69) is 5.32 Å². The van der Waals surface area contributed by atoms with Crippen LogP contribution in [0.4, 0.5) is 14.5 Å². The lowest BCUT2D eigenvalue weighted by molar-refractivity contribution is -0.116. The minimum Gasteiger partial charge on any atom is -0.340 e. The van der Waals surface area contributed by atoms with Crippen LogP contribution in [-0.4, -0.2) is 10.5 Å². The van der Waals surface area contributed by atoms with E-state index in [9.17, 15) is 18.4 Å². The van der Waals surface area contributed by atoms with Gasteiger partial charge in [-0.25, -0.2) is 8.78 Å². The van der Waals surface area contributed by atoms with Crippen LogP contribution in [0, 0.1) is 11.6 Å². The first kappa shape index (κ1) is 18.8. The van der Waals surface area contributed by atoms with Crippen LogP contribution < -0.4 is 10.7 Å². The molecule has 6 heteroatoms. The number of halogens is 2. The van der Waals surface area contributed by atoms with Gasteiger partial charge in [-0.1, -0.05) is 30.3 Å². The third kappa shape index (κ3) is 3.61. The number of anilines is 1. The van der Waals surface area contributed by atoms with Crippen molar-refractivity contribution in [2.24, 2.45) is 0 Å². The van der Waals surface area contributed by atoms with Crippen LogP contribution in [0.15, 0.2) is 71.5 Å². The Morgan fingerprint density at radius 3 is 1.97 bits per heavy atom. The Bertz CT molecular complexity index is 1200. The molecule has 0 fully saturated rings. The summed E-state index contributed by atoms with van der Waals surface area (Å²) in [5.41, 5.74) is 1.12. The molecule has 1 heterocycles. The second-order valence-electron chi connectivity index (χ2n) is 6.76. The molecule has 4 aromatic rings. The monoisotopic (exact) mass is 392 g/mol. The molecule has 3 aromatic carbocycles. The lowest BCUT2D eigenvalue weighted by Crippen LogP contribution is -2.16. The van der Waals surface area contributed by atoms with Gasteiger partial charge in [0.1, 0.15) is 17.3 Å². The number of hydrogen-bond donors (Lipinski definition) is 1. The van der Waals surface area contributed by atoms with Gasteiger partial charge in [-0.3, -0.25) is 9.59 Å². The highest BCUT2D eigenvalue weighted by atomic mass is 19.1. The number of rotatable bonds is 5. The van der Waals surface area contributed by atoms with Crippen LogP contribution in [0.5, 0.6) is 0 Å². The molecule has 4 nitrogen and oxygen atoms in total. The van der Waals surface area contributed by atoms with E-state index >= 15 is 0 Å². The average Bonchev–Trinajstić information content (AvgIpc) is 2.73. The van der Waals surface area contributed by atoms with Crippen LogP contribution in [0.25, 0.3) is 21.8 Å². The van der Waals surface area contributed by atoms with Crippen molar-refractivity contribution in [3.63, 3.8) is 0 Å². The van der Waals surface area contributed by atoms with Gasteiger partial charge in [-0.05, 0) is 42.8 Å². The Morgan fingerprint density at radius 2 is 1.38 bits per heavy atom. The fourth-order valence-electron chi connectivity index (χ4n) is 3.53. The molecule has 0 radical (unpaired) electrons. The SMILES string of the molecule is O=C(CCCn1c2ccccc2c(=O)c2ccccc21)Nc1c(F)cccc1F. The first-order valence-electron chi connectivity index (χ1n) is 9.30. The second-order valence-corrected chi connectivity index (χ2v) is 6.76. The van der Waals surface area contributed by atoms with Crippen molar-refractivity contribution in [2.45, 2.75) is 19.4 Å². The summed E-state index contributed by atoms with van der Waals surface area (Å²) in [5, 5.41) is 3.53. The van der Waals surface area contributed by atoms with Crippen LogP contribution in [0.2, 0.25) is 0 Å². The maximum Gasteiger partial charge on any atom is 0.224 e. The maximum absolute atomic E-state index is 13.7. The zero-order valence-corrected chi connectivity index (χ0v) is 15.5. The normalized spacial score (nSPS) is 11.1. The van der Waals surface area contributed by atoms with E-state index in [1.165, 1.54) is 6.07 Å². The van der Waals surface area contributed by atoms with Crippen molar-refractivity contribution in [3.05, 3.63) is 88.6 Å². The lowest BCUT2D eigenvalue weighted by atomic mass is 10.1. The highest BCUT2D eigenvalue weighted by Crippen LogP contribution is 2.21. The Balaban J connectivity index is 1.58. The van der Waals surface area contributed by atoms with Gasteiger partial charge in [0.05, 0.1) is 11.0 Å². The Labute approximate surface area is 165 Å². The summed E-state index contributed by atoms with van der Waals surface area (Å²) in [6, 6.07) is 18.1. The predicted octanol–water partition coefficient (Wildman–Crippen LogP) is 4.85. The first-order chi connectivity index (χ1) is 14.1. The zero-order valence-electron chi connectivity index (χ0n) is 15.5. The number of amides is 1. The van der Waals surface area contributed by atoms with Crippen molar-refractivity contribution in [1.29, 1.82) is 0 Å². The summed E-state index contributed by atoms with van der Waals surface area (Å²) in [6.45, 7) is 0.481. The molecule has 0 spiro atoms. The quantitative estimate of drug-likeness (QED) is 0.494. The summed E-state index contributed by atoms with van der Waals surface area (Å²) < 4.78 is 29.4. The maximum atomic E-state index is 13.7. The van der Waals surface area contributed by atoms with Crippen molar-refractivity contribution >= 4 is 33.4 Å². The van der Waals surface area contributed by atoms with Crippen LogP contribution >= 0.6 is 0 Å². The number of nitrogens with zero attached hydrogens (tertiary/aromatic N) is 1. The minimum absolute atomic E-state index is 0.0276. The second kappa shape index (κ2) is 7.83. The van der Waals surface area contributed by atoms with Gasteiger partial charge in [0.25, 0.3) is 0 Å². The number of pyridine rings is 1. The number of fused-ring (bicyclic) bond motifs is 2.